The molecule has 3 aromatic carbocycles. The summed E-state index contributed by atoms with van der Waals surface area (Å²) in [7, 11) is -2.90. The standard InChI is InChI=1S/C37H44N6O5Si/c1-25-35(49(2,3)47)33(16-18-41-23-31(39-40-41)29(24-44)27-12-8-5-9-13-27)48-37(25)30-20-28(42-19-17-38-21-34(42)45)14-15-32(30)43(36(37)46)22-26-10-6-4-7-11-26/h4-15,20,23,25,29,33,35,38,44,47H,16-19,21-22,24H2,1-3H3/t25-,29?,33+,35-,37+/m1/s1. The first-order valence-electron chi connectivity index (χ1n) is 17.1. The number of nitrogens with one attached hydrogen (secondary N) is 1. The number of aromatic nitrogens is 3. The van der Waals surface area contributed by atoms with Crippen LogP contribution < -0.4 is 15.1 Å². The number of carbonyl (C=O) groups is 2. The molecule has 3 N–H and O–H groups in total. The van der Waals surface area contributed by atoms with Gasteiger partial charge in [0.05, 0.1) is 43.1 Å². The Morgan fingerprint density at radius 3 is 2.49 bits per heavy atom. The number of anilines is 2. The molecule has 1 spiro atoms. The zero-order chi connectivity index (χ0) is 34.3. The van der Waals surface area contributed by atoms with E-state index in [1.807, 2.05) is 105 Å². The number of aliphatic hydroxyl groups excluding tert-OH is 1. The summed E-state index contributed by atoms with van der Waals surface area (Å²) in [5.41, 5.74) is 3.28. The Balaban J connectivity index is 1.23. The van der Waals surface area contributed by atoms with Crippen molar-refractivity contribution in [2.24, 2.45) is 5.92 Å². The van der Waals surface area contributed by atoms with Crippen molar-refractivity contribution in [1.82, 2.24) is 20.3 Å². The number of hydrogen-bond acceptors (Lipinski definition) is 8. The van der Waals surface area contributed by atoms with Crippen LogP contribution in [-0.4, -0.2) is 77.4 Å². The Bertz CT molecular complexity index is 1810. The van der Waals surface area contributed by atoms with Gasteiger partial charge in [-0.1, -0.05) is 72.8 Å². The number of hydrogen-bond donors (Lipinski definition) is 3. The van der Waals surface area contributed by atoms with Gasteiger partial charge in [-0.05, 0) is 48.8 Å². The molecular weight excluding hydrogens is 637 g/mol. The number of ether oxygens (including phenoxy) is 1. The number of nitrogens with zero attached hydrogens (tertiary/aromatic N) is 5. The number of carbonyl (C=O) groups excluding carboxylic acids is 2. The molecule has 0 aliphatic carbocycles. The average molecular weight is 681 g/mol. The highest BCUT2D eigenvalue weighted by Gasteiger charge is 2.66. The van der Waals surface area contributed by atoms with Crippen LogP contribution in [0.3, 0.4) is 0 Å². The summed E-state index contributed by atoms with van der Waals surface area (Å²) in [6.07, 6.45) is 1.92. The zero-order valence-corrected chi connectivity index (χ0v) is 29.2. The van der Waals surface area contributed by atoms with Crippen molar-refractivity contribution in [2.45, 2.75) is 62.7 Å². The number of aryl methyl sites for hydroxylation is 1. The van der Waals surface area contributed by atoms with Crippen LogP contribution in [0.2, 0.25) is 18.6 Å². The van der Waals surface area contributed by atoms with Gasteiger partial charge < -0.3 is 29.8 Å². The Morgan fingerprint density at radius 1 is 1.06 bits per heavy atom. The van der Waals surface area contributed by atoms with Crippen molar-refractivity contribution in [2.75, 3.05) is 36.0 Å². The molecule has 0 saturated carbocycles. The predicted octanol–water partition coefficient (Wildman–Crippen LogP) is 3.77. The van der Waals surface area contributed by atoms with Crippen LogP contribution in [0.1, 0.15) is 41.6 Å². The summed E-state index contributed by atoms with van der Waals surface area (Å²) in [6.45, 7) is 8.08. The highest BCUT2D eigenvalue weighted by molar-refractivity contribution is 6.71. The van der Waals surface area contributed by atoms with Gasteiger partial charge in [0.2, 0.25) is 5.91 Å². The molecule has 1 unspecified atom stereocenters. The molecule has 2 saturated heterocycles. The normalized spacial score (nSPS) is 24.6. The molecule has 4 heterocycles. The van der Waals surface area contributed by atoms with Gasteiger partial charge >= 0.3 is 0 Å². The van der Waals surface area contributed by atoms with Crippen LogP contribution in [0, 0.1) is 5.92 Å². The van der Waals surface area contributed by atoms with E-state index in [9.17, 15) is 19.5 Å². The number of piperazine rings is 1. The van der Waals surface area contributed by atoms with Gasteiger partial charge in [-0.15, -0.1) is 5.10 Å². The lowest BCUT2D eigenvalue weighted by atomic mass is 9.82. The van der Waals surface area contributed by atoms with Gasteiger partial charge in [-0.3, -0.25) is 14.3 Å². The molecule has 2 fully saturated rings. The van der Waals surface area contributed by atoms with Crippen molar-refractivity contribution >= 4 is 31.5 Å². The Hall–Kier alpha value is -4.20. The van der Waals surface area contributed by atoms with E-state index in [0.717, 1.165) is 28.1 Å². The third-order valence-electron chi connectivity index (χ3n) is 10.5. The predicted molar refractivity (Wildman–Crippen MR) is 188 cm³/mol. The minimum Gasteiger partial charge on any atom is -0.432 e. The van der Waals surface area contributed by atoms with Crippen molar-refractivity contribution < 1.29 is 24.2 Å². The van der Waals surface area contributed by atoms with Gasteiger partial charge in [-0.2, -0.15) is 0 Å². The lowest BCUT2D eigenvalue weighted by molar-refractivity contribution is -0.146. The number of rotatable bonds is 10. The molecule has 256 valence electrons. The highest BCUT2D eigenvalue weighted by atomic mass is 28.4. The lowest BCUT2D eigenvalue weighted by Crippen LogP contribution is -2.48. The molecule has 1 aromatic heterocycles. The summed E-state index contributed by atoms with van der Waals surface area (Å²) in [4.78, 5) is 43.2. The van der Waals surface area contributed by atoms with Gasteiger partial charge in [0.1, 0.15) is 0 Å². The number of aliphatic hydroxyl groups is 1. The maximum absolute atomic E-state index is 14.9. The van der Waals surface area contributed by atoms with Crippen LogP contribution >= 0.6 is 0 Å². The van der Waals surface area contributed by atoms with Gasteiger partial charge in [0.25, 0.3) is 5.91 Å². The van der Waals surface area contributed by atoms with Crippen LogP contribution in [-0.2, 0) is 33.0 Å². The molecule has 5 atom stereocenters. The van der Waals surface area contributed by atoms with Crippen molar-refractivity contribution in [3.8, 4) is 0 Å². The number of amides is 2. The molecule has 7 rings (SSSR count). The molecule has 11 nitrogen and oxygen atoms in total. The van der Waals surface area contributed by atoms with E-state index in [-0.39, 0.29) is 42.3 Å². The maximum Gasteiger partial charge on any atom is 0.264 e. The minimum absolute atomic E-state index is 0.0198. The van der Waals surface area contributed by atoms with Crippen molar-refractivity contribution in [1.29, 1.82) is 0 Å². The third kappa shape index (κ3) is 6.01. The first-order valence-corrected chi connectivity index (χ1v) is 20.1. The monoisotopic (exact) mass is 680 g/mol. The smallest absolute Gasteiger partial charge is 0.264 e. The van der Waals surface area contributed by atoms with E-state index in [4.69, 9.17) is 4.74 Å². The highest BCUT2D eigenvalue weighted by Crippen LogP contribution is 2.60. The molecule has 4 aromatic rings. The molecular formula is C37H44N6O5Si. The topological polar surface area (TPSA) is 133 Å². The summed E-state index contributed by atoms with van der Waals surface area (Å²) >= 11 is 0. The lowest BCUT2D eigenvalue weighted by Gasteiger charge is -2.33. The van der Waals surface area contributed by atoms with Gasteiger partial charge in [0.15, 0.2) is 13.9 Å². The second-order valence-electron chi connectivity index (χ2n) is 14.0. The van der Waals surface area contributed by atoms with E-state index < -0.39 is 20.0 Å². The zero-order valence-electron chi connectivity index (χ0n) is 28.2. The molecule has 12 heteroatoms. The van der Waals surface area contributed by atoms with Gasteiger partial charge in [-0.25, -0.2) is 0 Å². The van der Waals surface area contributed by atoms with Crippen molar-refractivity contribution in [3.63, 3.8) is 0 Å². The Labute approximate surface area is 287 Å². The second kappa shape index (κ2) is 13.3. The Kier molecular flexibility index (Phi) is 9.01. The number of benzene rings is 3. The van der Waals surface area contributed by atoms with Gasteiger partial charge in [0, 0.05) is 48.5 Å². The van der Waals surface area contributed by atoms with Crippen molar-refractivity contribution in [3.05, 3.63) is 107 Å². The maximum atomic E-state index is 14.9. The van der Waals surface area contributed by atoms with Crippen LogP contribution in [0.5, 0.6) is 0 Å². The Morgan fingerprint density at radius 2 is 1.80 bits per heavy atom. The van der Waals surface area contributed by atoms with E-state index in [1.165, 1.54) is 0 Å². The molecule has 0 bridgehead atoms. The molecule has 49 heavy (non-hydrogen) atoms. The third-order valence-corrected chi connectivity index (χ3v) is 13.0. The summed E-state index contributed by atoms with van der Waals surface area (Å²) < 4.78 is 8.82. The minimum atomic E-state index is -2.90. The second-order valence-corrected chi connectivity index (χ2v) is 18.0. The fourth-order valence-electron chi connectivity index (χ4n) is 8.20. The fraction of sp³-hybridized carbons (Fsp3) is 0.405. The molecule has 0 radical (unpaired) electrons. The first-order chi connectivity index (χ1) is 23.6. The fourth-order valence-corrected chi connectivity index (χ4v) is 10.8. The number of fused-ring (bicyclic) bond motifs is 2. The molecule has 3 aliphatic rings. The summed E-state index contributed by atoms with van der Waals surface area (Å²) in [5.74, 6) is -0.801. The van der Waals surface area contributed by atoms with E-state index >= 15 is 0 Å². The molecule has 2 amide bonds. The quantitative estimate of drug-likeness (QED) is 0.216. The van der Waals surface area contributed by atoms with Crippen LogP contribution in [0.25, 0.3) is 0 Å². The van der Waals surface area contributed by atoms with E-state index in [2.05, 4.69) is 15.6 Å². The van der Waals surface area contributed by atoms with Crippen LogP contribution in [0.4, 0.5) is 11.4 Å². The van der Waals surface area contributed by atoms with E-state index in [0.29, 0.717) is 38.3 Å². The van der Waals surface area contributed by atoms with E-state index in [1.54, 1.807) is 14.5 Å². The molecule has 3 aliphatic heterocycles. The van der Waals surface area contributed by atoms with Crippen LogP contribution in [0.15, 0.2) is 85.1 Å². The average Bonchev–Trinajstić information content (AvgIpc) is 3.75. The first kappa shape index (κ1) is 33.3. The summed E-state index contributed by atoms with van der Waals surface area (Å²) in [6, 6.07) is 25.5. The SMILES string of the molecule is C[C@@H]1[C@@H]([Si](C)(C)O)[C@H](CCn2cc(C(CO)c3ccccc3)nn2)O[C@@]12C(=O)N(Cc1ccccc1)c1ccc(N3CCNCC3=O)cc12. The largest absolute Gasteiger partial charge is 0.432 e. The summed E-state index contributed by atoms with van der Waals surface area (Å²) in [5, 5.41) is 22.1.